The summed E-state index contributed by atoms with van der Waals surface area (Å²) < 4.78 is 0. The first-order chi connectivity index (χ1) is 9.54. The summed E-state index contributed by atoms with van der Waals surface area (Å²) in [5, 5.41) is 13.5. The largest absolute Gasteiger partial charge is 0.480 e. The maximum atomic E-state index is 11.6. The fraction of sp³-hybridized carbons (Fsp3) is 0.364. The van der Waals surface area contributed by atoms with Crippen LogP contribution in [0.5, 0.6) is 0 Å². The van der Waals surface area contributed by atoms with Crippen molar-refractivity contribution in [2.75, 3.05) is 18.6 Å². The number of aromatic nitrogens is 2. The average Bonchev–Trinajstić information content (AvgIpc) is 2.45. The maximum absolute atomic E-state index is 11.6. The Labute approximate surface area is 119 Å². The molecule has 0 aliphatic heterocycles. The number of amides is 2. The van der Waals surface area contributed by atoms with Crippen LogP contribution < -0.4 is 10.6 Å². The summed E-state index contributed by atoms with van der Waals surface area (Å²) in [6.07, 6.45) is 5.77. The summed E-state index contributed by atoms with van der Waals surface area (Å²) in [4.78, 5) is 41.5. The Morgan fingerprint density at radius 3 is 2.70 bits per heavy atom. The predicted molar refractivity (Wildman–Crippen MR) is 72.3 cm³/mol. The van der Waals surface area contributed by atoms with Crippen molar-refractivity contribution >= 4 is 29.5 Å². The predicted octanol–water partition coefficient (Wildman–Crippen LogP) is -0.861. The average molecular weight is 298 g/mol. The Hall–Kier alpha value is -2.16. The number of hydrogen-bond donors (Lipinski definition) is 3. The zero-order valence-electron chi connectivity index (χ0n) is 10.7. The SMILES string of the molecule is CSC[C@@H](NC(=O)CNC(=O)c1cnccn1)C(=O)O. The van der Waals surface area contributed by atoms with Crippen molar-refractivity contribution in [2.45, 2.75) is 6.04 Å². The third-order valence-electron chi connectivity index (χ3n) is 2.17. The molecule has 108 valence electrons. The summed E-state index contributed by atoms with van der Waals surface area (Å²) >= 11 is 1.30. The van der Waals surface area contributed by atoms with Crippen LogP contribution in [0.2, 0.25) is 0 Å². The molecule has 0 aliphatic carbocycles. The van der Waals surface area contributed by atoms with Crippen molar-refractivity contribution in [3.63, 3.8) is 0 Å². The molecule has 8 nitrogen and oxygen atoms in total. The van der Waals surface area contributed by atoms with E-state index in [0.717, 1.165) is 0 Å². The molecule has 0 bridgehead atoms. The topological polar surface area (TPSA) is 121 Å². The number of carbonyl (C=O) groups is 3. The molecule has 20 heavy (non-hydrogen) atoms. The molecule has 3 N–H and O–H groups in total. The molecule has 1 atom stereocenters. The highest BCUT2D eigenvalue weighted by atomic mass is 32.2. The van der Waals surface area contributed by atoms with E-state index in [-0.39, 0.29) is 18.0 Å². The van der Waals surface area contributed by atoms with E-state index in [4.69, 9.17) is 5.11 Å². The van der Waals surface area contributed by atoms with Crippen LogP contribution >= 0.6 is 11.8 Å². The summed E-state index contributed by atoms with van der Waals surface area (Å²) in [5.74, 6) is -2.00. The molecule has 0 aromatic carbocycles. The van der Waals surface area contributed by atoms with Crippen LogP contribution in [0, 0.1) is 0 Å². The lowest BCUT2D eigenvalue weighted by molar-refractivity contribution is -0.140. The van der Waals surface area contributed by atoms with Crippen LogP contribution in [0.1, 0.15) is 10.5 Å². The second-order valence-electron chi connectivity index (χ2n) is 3.69. The maximum Gasteiger partial charge on any atom is 0.327 e. The monoisotopic (exact) mass is 298 g/mol. The first-order valence-electron chi connectivity index (χ1n) is 5.60. The molecule has 0 radical (unpaired) electrons. The van der Waals surface area contributed by atoms with E-state index < -0.39 is 23.8 Å². The summed E-state index contributed by atoms with van der Waals surface area (Å²) in [7, 11) is 0. The molecule has 1 rings (SSSR count). The first-order valence-corrected chi connectivity index (χ1v) is 6.99. The molecule has 0 fully saturated rings. The van der Waals surface area contributed by atoms with Crippen LogP contribution in [-0.2, 0) is 9.59 Å². The Balaban J connectivity index is 2.43. The van der Waals surface area contributed by atoms with E-state index in [0.29, 0.717) is 0 Å². The summed E-state index contributed by atoms with van der Waals surface area (Å²) in [5.41, 5.74) is 0.0826. The minimum absolute atomic E-state index is 0.0826. The standard InChI is InChI=1S/C11H14N4O4S/c1-20-6-8(11(18)19)15-9(16)5-14-10(17)7-4-12-2-3-13-7/h2-4,8H,5-6H2,1H3,(H,14,17)(H,15,16)(H,18,19)/t8-/m1/s1. The molecule has 0 saturated carbocycles. The minimum atomic E-state index is -1.12. The van der Waals surface area contributed by atoms with Gasteiger partial charge in [0, 0.05) is 18.1 Å². The number of hydrogen-bond acceptors (Lipinski definition) is 6. The Morgan fingerprint density at radius 2 is 2.15 bits per heavy atom. The molecule has 0 aliphatic rings. The highest BCUT2D eigenvalue weighted by Gasteiger charge is 2.19. The van der Waals surface area contributed by atoms with Gasteiger partial charge in [0.05, 0.1) is 12.7 Å². The van der Waals surface area contributed by atoms with Crippen molar-refractivity contribution in [2.24, 2.45) is 0 Å². The number of thioether (sulfide) groups is 1. The van der Waals surface area contributed by atoms with Gasteiger partial charge in [-0.25, -0.2) is 9.78 Å². The van der Waals surface area contributed by atoms with Gasteiger partial charge in [-0.1, -0.05) is 0 Å². The van der Waals surface area contributed by atoms with Crippen molar-refractivity contribution in [1.82, 2.24) is 20.6 Å². The van der Waals surface area contributed by atoms with E-state index in [9.17, 15) is 14.4 Å². The van der Waals surface area contributed by atoms with E-state index in [1.807, 2.05) is 0 Å². The number of nitrogens with one attached hydrogen (secondary N) is 2. The van der Waals surface area contributed by atoms with E-state index >= 15 is 0 Å². The minimum Gasteiger partial charge on any atom is -0.480 e. The second-order valence-corrected chi connectivity index (χ2v) is 4.60. The Morgan fingerprint density at radius 1 is 1.40 bits per heavy atom. The Kier molecular flexibility index (Phi) is 6.44. The number of rotatable bonds is 7. The lowest BCUT2D eigenvalue weighted by atomic mass is 10.3. The molecule has 0 unspecified atom stereocenters. The normalized spacial score (nSPS) is 11.4. The molecule has 1 aromatic rings. The number of carboxylic acids is 1. The number of aliphatic carboxylic acids is 1. The van der Waals surface area contributed by atoms with Crippen molar-refractivity contribution in [3.8, 4) is 0 Å². The quantitative estimate of drug-likeness (QED) is 0.598. The van der Waals surface area contributed by atoms with Crippen molar-refractivity contribution in [1.29, 1.82) is 0 Å². The molecule has 9 heteroatoms. The van der Waals surface area contributed by atoms with Crippen LogP contribution in [0.4, 0.5) is 0 Å². The van der Waals surface area contributed by atoms with E-state index in [1.54, 1.807) is 6.26 Å². The van der Waals surface area contributed by atoms with Gasteiger partial charge >= 0.3 is 5.97 Å². The van der Waals surface area contributed by atoms with Gasteiger partial charge in [0.25, 0.3) is 5.91 Å². The van der Waals surface area contributed by atoms with Gasteiger partial charge in [0.15, 0.2) is 0 Å². The van der Waals surface area contributed by atoms with Gasteiger partial charge in [-0.05, 0) is 6.26 Å². The van der Waals surface area contributed by atoms with Gasteiger partial charge in [0.1, 0.15) is 11.7 Å². The lowest BCUT2D eigenvalue weighted by Gasteiger charge is -2.13. The molecule has 1 heterocycles. The number of carboxylic acid groups (broad SMARTS) is 1. The lowest BCUT2D eigenvalue weighted by Crippen LogP contribution is -2.46. The van der Waals surface area contributed by atoms with Crippen LogP contribution in [-0.4, -0.2) is 57.5 Å². The fourth-order valence-electron chi connectivity index (χ4n) is 1.25. The van der Waals surface area contributed by atoms with Gasteiger partial charge in [-0.3, -0.25) is 14.6 Å². The van der Waals surface area contributed by atoms with E-state index in [2.05, 4.69) is 20.6 Å². The van der Waals surface area contributed by atoms with Crippen LogP contribution in [0.3, 0.4) is 0 Å². The van der Waals surface area contributed by atoms with Gasteiger partial charge in [-0.15, -0.1) is 0 Å². The highest BCUT2D eigenvalue weighted by molar-refractivity contribution is 7.98. The summed E-state index contributed by atoms with van der Waals surface area (Å²) in [6.45, 7) is -0.326. The molecule has 0 saturated heterocycles. The first kappa shape index (κ1) is 15.9. The Bertz CT molecular complexity index is 483. The molecular formula is C11H14N4O4S. The van der Waals surface area contributed by atoms with Gasteiger partial charge in [-0.2, -0.15) is 11.8 Å². The second kappa shape index (κ2) is 8.10. The highest BCUT2D eigenvalue weighted by Crippen LogP contribution is 1.97. The molecule has 0 spiro atoms. The molecule has 1 aromatic heterocycles. The van der Waals surface area contributed by atoms with Gasteiger partial charge < -0.3 is 15.7 Å². The number of nitrogens with zero attached hydrogens (tertiary/aromatic N) is 2. The van der Waals surface area contributed by atoms with E-state index in [1.165, 1.54) is 30.4 Å². The number of carbonyl (C=O) groups excluding carboxylic acids is 2. The van der Waals surface area contributed by atoms with Crippen LogP contribution in [0.15, 0.2) is 18.6 Å². The fourth-order valence-corrected chi connectivity index (χ4v) is 1.81. The summed E-state index contributed by atoms with van der Waals surface area (Å²) in [6, 6.07) is -0.981. The molecule has 2 amide bonds. The van der Waals surface area contributed by atoms with Crippen molar-refractivity contribution < 1.29 is 19.5 Å². The third kappa shape index (κ3) is 5.22. The smallest absolute Gasteiger partial charge is 0.327 e. The van der Waals surface area contributed by atoms with Gasteiger partial charge in [0.2, 0.25) is 5.91 Å². The van der Waals surface area contributed by atoms with Crippen molar-refractivity contribution in [3.05, 3.63) is 24.3 Å². The zero-order chi connectivity index (χ0) is 15.0. The zero-order valence-corrected chi connectivity index (χ0v) is 11.5. The molecular weight excluding hydrogens is 284 g/mol. The third-order valence-corrected chi connectivity index (χ3v) is 2.84. The van der Waals surface area contributed by atoms with Crippen LogP contribution in [0.25, 0.3) is 0 Å².